The zero-order valence-electron chi connectivity index (χ0n) is 14.2. The van der Waals surface area contributed by atoms with E-state index in [1.165, 1.54) is 0 Å². The van der Waals surface area contributed by atoms with Gasteiger partial charge in [-0.05, 0) is 12.8 Å². The van der Waals surface area contributed by atoms with E-state index >= 15 is 0 Å². The quantitative estimate of drug-likeness (QED) is 0.854. The molecule has 21 heavy (non-hydrogen) atoms. The third-order valence-corrected chi connectivity index (χ3v) is 4.69. The predicted octanol–water partition coefficient (Wildman–Crippen LogP) is 1.47. The molecule has 0 saturated carbocycles. The summed E-state index contributed by atoms with van der Waals surface area (Å²) in [5.74, 6) is 0.309. The van der Waals surface area contributed by atoms with Crippen molar-refractivity contribution >= 4 is 11.8 Å². The van der Waals surface area contributed by atoms with Crippen LogP contribution < -0.4 is 5.73 Å². The van der Waals surface area contributed by atoms with Crippen molar-refractivity contribution < 1.29 is 9.59 Å². The van der Waals surface area contributed by atoms with Crippen molar-refractivity contribution in [2.24, 2.45) is 16.6 Å². The van der Waals surface area contributed by atoms with Gasteiger partial charge in [-0.25, -0.2) is 0 Å². The fourth-order valence-corrected chi connectivity index (χ4v) is 2.85. The number of carbonyl (C=O) groups excluding carboxylic acids is 2. The predicted molar refractivity (Wildman–Crippen MR) is 84.7 cm³/mol. The van der Waals surface area contributed by atoms with Crippen LogP contribution in [0.5, 0.6) is 0 Å². The van der Waals surface area contributed by atoms with Crippen LogP contribution in [0, 0.1) is 10.8 Å². The highest BCUT2D eigenvalue weighted by atomic mass is 16.2. The van der Waals surface area contributed by atoms with Crippen LogP contribution in [0.3, 0.4) is 0 Å². The zero-order valence-corrected chi connectivity index (χ0v) is 14.2. The lowest BCUT2D eigenvalue weighted by Gasteiger charge is -2.41. The summed E-state index contributed by atoms with van der Waals surface area (Å²) < 4.78 is 0. The monoisotopic (exact) mass is 297 g/mol. The van der Waals surface area contributed by atoms with E-state index < -0.39 is 5.41 Å². The molecule has 0 aromatic heterocycles. The van der Waals surface area contributed by atoms with Crippen LogP contribution in [0.2, 0.25) is 0 Å². The Morgan fingerprint density at radius 1 is 0.905 bits per heavy atom. The molecule has 0 bridgehead atoms. The smallest absolute Gasteiger partial charge is 0.230 e. The van der Waals surface area contributed by atoms with Crippen molar-refractivity contribution in [2.45, 2.75) is 47.5 Å². The third kappa shape index (κ3) is 3.76. The van der Waals surface area contributed by atoms with Gasteiger partial charge < -0.3 is 15.5 Å². The van der Waals surface area contributed by atoms with Gasteiger partial charge in [0.15, 0.2) is 0 Å². The van der Waals surface area contributed by atoms with Gasteiger partial charge in [-0.2, -0.15) is 0 Å². The fourth-order valence-electron chi connectivity index (χ4n) is 2.85. The molecule has 0 atom stereocenters. The molecule has 0 aliphatic carbocycles. The van der Waals surface area contributed by atoms with E-state index in [1.807, 2.05) is 44.4 Å². The van der Waals surface area contributed by atoms with Crippen LogP contribution in [0.4, 0.5) is 0 Å². The number of rotatable bonds is 4. The summed E-state index contributed by atoms with van der Waals surface area (Å²) in [4.78, 5) is 28.7. The highest BCUT2D eigenvalue weighted by molar-refractivity contribution is 5.84. The summed E-state index contributed by atoms with van der Waals surface area (Å²) in [5.41, 5.74) is 5.06. The Hall–Kier alpha value is -1.10. The third-order valence-electron chi connectivity index (χ3n) is 4.69. The van der Waals surface area contributed by atoms with Gasteiger partial charge in [-0.3, -0.25) is 9.59 Å². The average molecular weight is 297 g/mol. The molecule has 1 aliphatic rings. The normalized spacial score (nSPS) is 17.0. The molecule has 0 unspecified atom stereocenters. The zero-order chi connectivity index (χ0) is 16.3. The van der Waals surface area contributed by atoms with Crippen LogP contribution in [0.25, 0.3) is 0 Å². The number of carbonyl (C=O) groups is 2. The first-order chi connectivity index (χ1) is 9.71. The van der Waals surface area contributed by atoms with Crippen molar-refractivity contribution in [3.63, 3.8) is 0 Å². The Kier molecular flexibility index (Phi) is 5.79. The van der Waals surface area contributed by atoms with Crippen LogP contribution in [-0.4, -0.2) is 54.3 Å². The standard InChI is InChI=1S/C16H31N3O2/c1-6-16(7-2,12-17)14(21)19-10-8-18(9-11-19)13(20)15(3,4)5/h6-12,17H2,1-5H3. The van der Waals surface area contributed by atoms with Gasteiger partial charge in [0.2, 0.25) is 11.8 Å². The molecule has 2 amide bonds. The highest BCUT2D eigenvalue weighted by Gasteiger charge is 2.39. The Morgan fingerprint density at radius 2 is 1.29 bits per heavy atom. The minimum atomic E-state index is -0.434. The van der Waals surface area contributed by atoms with Crippen molar-refractivity contribution in [2.75, 3.05) is 32.7 Å². The molecule has 1 heterocycles. The van der Waals surface area contributed by atoms with Crippen molar-refractivity contribution in [3.05, 3.63) is 0 Å². The Labute approximate surface area is 128 Å². The lowest BCUT2D eigenvalue weighted by Crippen LogP contribution is -2.57. The first-order valence-electron chi connectivity index (χ1n) is 8.00. The van der Waals surface area contributed by atoms with Gasteiger partial charge in [-0.1, -0.05) is 34.6 Å². The van der Waals surface area contributed by atoms with E-state index in [1.54, 1.807) is 0 Å². The van der Waals surface area contributed by atoms with Gasteiger partial charge >= 0.3 is 0 Å². The maximum atomic E-state index is 12.7. The lowest BCUT2D eigenvalue weighted by atomic mass is 9.80. The molecule has 1 fully saturated rings. The largest absolute Gasteiger partial charge is 0.339 e. The Balaban J connectivity index is 2.69. The van der Waals surface area contributed by atoms with Crippen molar-refractivity contribution in [1.29, 1.82) is 0 Å². The van der Waals surface area contributed by atoms with E-state index in [-0.39, 0.29) is 17.2 Å². The first kappa shape index (κ1) is 18.0. The molecule has 0 radical (unpaired) electrons. The number of nitrogens with zero attached hydrogens (tertiary/aromatic N) is 2. The number of hydrogen-bond donors (Lipinski definition) is 1. The van der Waals surface area contributed by atoms with Crippen LogP contribution in [0.15, 0.2) is 0 Å². The second kappa shape index (κ2) is 6.77. The summed E-state index contributed by atoms with van der Waals surface area (Å²) >= 11 is 0. The minimum Gasteiger partial charge on any atom is -0.339 e. The van der Waals surface area contributed by atoms with Gasteiger partial charge in [0.05, 0.1) is 5.41 Å². The Bertz CT molecular complexity index is 367. The molecular weight excluding hydrogens is 266 g/mol. The SMILES string of the molecule is CCC(CC)(CN)C(=O)N1CCN(C(=O)C(C)(C)C)CC1. The van der Waals surface area contributed by atoms with E-state index in [9.17, 15) is 9.59 Å². The highest BCUT2D eigenvalue weighted by Crippen LogP contribution is 2.28. The van der Waals surface area contributed by atoms with Crippen LogP contribution >= 0.6 is 0 Å². The number of piperazine rings is 1. The summed E-state index contributed by atoms with van der Waals surface area (Å²) in [5, 5.41) is 0. The maximum absolute atomic E-state index is 12.7. The molecule has 1 saturated heterocycles. The van der Waals surface area contributed by atoms with Crippen LogP contribution in [0.1, 0.15) is 47.5 Å². The molecule has 0 spiro atoms. The average Bonchev–Trinajstić information content (AvgIpc) is 2.48. The molecule has 1 rings (SSSR count). The van der Waals surface area contributed by atoms with E-state index in [0.29, 0.717) is 32.7 Å². The second-order valence-electron chi connectivity index (χ2n) is 7.03. The van der Waals surface area contributed by atoms with E-state index in [0.717, 1.165) is 12.8 Å². The lowest BCUT2D eigenvalue weighted by molar-refractivity contribution is -0.149. The molecular formula is C16H31N3O2. The Morgan fingerprint density at radius 3 is 1.57 bits per heavy atom. The van der Waals surface area contributed by atoms with Crippen molar-refractivity contribution in [3.8, 4) is 0 Å². The summed E-state index contributed by atoms with van der Waals surface area (Å²) in [6.07, 6.45) is 1.53. The molecule has 122 valence electrons. The summed E-state index contributed by atoms with van der Waals surface area (Å²) in [7, 11) is 0. The first-order valence-corrected chi connectivity index (χ1v) is 8.00. The van der Waals surface area contributed by atoms with Gasteiger partial charge in [0, 0.05) is 38.1 Å². The van der Waals surface area contributed by atoms with Crippen LogP contribution in [-0.2, 0) is 9.59 Å². The number of nitrogens with two attached hydrogens (primary N) is 1. The summed E-state index contributed by atoms with van der Waals surface area (Å²) in [6, 6.07) is 0. The maximum Gasteiger partial charge on any atom is 0.230 e. The van der Waals surface area contributed by atoms with Gasteiger partial charge in [0.1, 0.15) is 0 Å². The molecule has 0 aromatic rings. The van der Waals surface area contributed by atoms with E-state index in [2.05, 4.69) is 0 Å². The molecule has 1 aliphatic heterocycles. The fraction of sp³-hybridized carbons (Fsp3) is 0.875. The molecule has 0 aromatic carbocycles. The number of amides is 2. The topological polar surface area (TPSA) is 66.6 Å². The van der Waals surface area contributed by atoms with Gasteiger partial charge in [-0.15, -0.1) is 0 Å². The molecule has 5 nitrogen and oxygen atoms in total. The van der Waals surface area contributed by atoms with E-state index in [4.69, 9.17) is 5.73 Å². The minimum absolute atomic E-state index is 0.151. The molecule has 2 N–H and O–H groups in total. The number of hydrogen-bond acceptors (Lipinski definition) is 3. The second-order valence-corrected chi connectivity index (χ2v) is 7.03. The van der Waals surface area contributed by atoms with Crippen molar-refractivity contribution in [1.82, 2.24) is 9.80 Å². The molecule has 5 heteroatoms. The van der Waals surface area contributed by atoms with Gasteiger partial charge in [0.25, 0.3) is 0 Å². The summed E-state index contributed by atoms with van der Waals surface area (Å²) in [6.45, 7) is 12.7.